The van der Waals surface area contributed by atoms with Gasteiger partial charge < -0.3 is 20.5 Å². The molecule has 0 fully saturated rings. The molecule has 2 rings (SSSR count). The van der Waals surface area contributed by atoms with E-state index < -0.39 is 0 Å². The molecule has 0 saturated heterocycles. The average Bonchev–Trinajstić information content (AvgIpc) is 2.56. The van der Waals surface area contributed by atoms with Gasteiger partial charge in [0.15, 0.2) is 6.61 Å². The van der Waals surface area contributed by atoms with E-state index >= 15 is 0 Å². The lowest BCUT2D eigenvalue weighted by Gasteiger charge is -2.12. The van der Waals surface area contributed by atoms with E-state index in [1.54, 1.807) is 18.3 Å². The minimum atomic E-state index is -0.236. The van der Waals surface area contributed by atoms with Crippen molar-refractivity contribution < 1.29 is 14.6 Å². The highest BCUT2D eigenvalue weighted by Gasteiger charge is 2.08. The van der Waals surface area contributed by atoms with Crippen molar-refractivity contribution >= 4 is 17.4 Å². The number of anilines is 2. The maximum atomic E-state index is 12.0. The lowest BCUT2D eigenvalue weighted by molar-refractivity contribution is -0.118. The summed E-state index contributed by atoms with van der Waals surface area (Å²) in [4.78, 5) is 16.2. The molecule has 1 aromatic carbocycles. The molecule has 6 nitrogen and oxygen atoms in total. The summed E-state index contributed by atoms with van der Waals surface area (Å²) in [6, 6.07) is 9.41. The number of aromatic nitrogens is 1. The number of amides is 1. The van der Waals surface area contributed by atoms with E-state index in [-0.39, 0.29) is 19.1 Å². The Balaban J connectivity index is 1.84. The van der Waals surface area contributed by atoms with Gasteiger partial charge in [-0.15, -0.1) is 0 Å². The molecule has 2 aromatic rings. The van der Waals surface area contributed by atoms with Crippen LogP contribution in [0.25, 0.3) is 0 Å². The second-order valence-corrected chi connectivity index (χ2v) is 5.49. The first-order valence-corrected chi connectivity index (χ1v) is 7.90. The van der Waals surface area contributed by atoms with E-state index in [9.17, 15) is 4.79 Å². The Morgan fingerprint density at radius 2 is 1.96 bits per heavy atom. The van der Waals surface area contributed by atoms with Crippen LogP contribution in [-0.4, -0.2) is 35.8 Å². The quantitative estimate of drug-likeness (QED) is 0.648. The van der Waals surface area contributed by atoms with Gasteiger partial charge in [-0.25, -0.2) is 4.98 Å². The van der Waals surface area contributed by atoms with Crippen LogP contribution < -0.4 is 15.4 Å². The highest BCUT2D eigenvalue weighted by Crippen LogP contribution is 2.22. The van der Waals surface area contributed by atoms with Crippen LogP contribution in [0.4, 0.5) is 11.5 Å². The molecular formula is C18H23N3O3. The van der Waals surface area contributed by atoms with E-state index in [4.69, 9.17) is 9.84 Å². The van der Waals surface area contributed by atoms with Crippen LogP contribution in [-0.2, 0) is 4.79 Å². The number of nitrogens with zero attached hydrogens (tertiary/aromatic N) is 1. The summed E-state index contributed by atoms with van der Waals surface area (Å²) in [7, 11) is 0. The number of aliphatic hydroxyl groups excluding tert-OH is 1. The number of carbonyl (C=O) groups is 1. The van der Waals surface area contributed by atoms with Crippen molar-refractivity contribution in [2.75, 3.05) is 30.4 Å². The van der Waals surface area contributed by atoms with Crippen molar-refractivity contribution in [3.63, 3.8) is 0 Å². The number of aryl methyl sites for hydroxylation is 2. The maximum Gasteiger partial charge on any atom is 0.262 e. The number of ether oxygens (including phenoxy) is 1. The van der Waals surface area contributed by atoms with Crippen molar-refractivity contribution in [2.24, 2.45) is 0 Å². The van der Waals surface area contributed by atoms with Crippen LogP contribution >= 0.6 is 0 Å². The third-order valence-corrected chi connectivity index (χ3v) is 3.44. The Kier molecular flexibility index (Phi) is 6.57. The first kappa shape index (κ1) is 17.7. The summed E-state index contributed by atoms with van der Waals surface area (Å²) in [6.07, 6.45) is 2.24. The van der Waals surface area contributed by atoms with E-state index in [0.717, 1.165) is 16.9 Å². The molecule has 1 aromatic heterocycles. The van der Waals surface area contributed by atoms with Crippen molar-refractivity contribution in [3.8, 4) is 5.75 Å². The largest absolute Gasteiger partial charge is 0.483 e. The van der Waals surface area contributed by atoms with Gasteiger partial charge in [-0.3, -0.25) is 4.79 Å². The minimum Gasteiger partial charge on any atom is -0.483 e. The van der Waals surface area contributed by atoms with Gasteiger partial charge in [0, 0.05) is 13.2 Å². The fourth-order valence-electron chi connectivity index (χ4n) is 2.23. The SMILES string of the molecule is Cc1cccc(C)c1OCC(=O)Nc1ccc(NCCCO)nc1. The number of hydrogen-bond donors (Lipinski definition) is 3. The third-order valence-electron chi connectivity index (χ3n) is 3.44. The summed E-state index contributed by atoms with van der Waals surface area (Å²) in [5, 5.41) is 14.6. The lowest BCUT2D eigenvalue weighted by Crippen LogP contribution is -2.20. The van der Waals surface area contributed by atoms with Gasteiger partial charge in [0.05, 0.1) is 11.9 Å². The zero-order valence-corrected chi connectivity index (χ0v) is 14.0. The molecule has 0 atom stereocenters. The molecule has 24 heavy (non-hydrogen) atoms. The number of aliphatic hydroxyl groups is 1. The van der Waals surface area contributed by atoms with Crippen LogP contribution in [0.2, 0.25) is 0 Å². The van der Waals surface area contributed by atoms with Crippen LogP contribution in [0.5, 0.6) is 5.75 Å². The Labute approximate surface area is 141 Å². The molecule has 0 radical (unpaired) electrons. The molecule has 0 spiro atoms. The van der Waals surface area contributed by atoms with Gasteiger partial charge in [-0.05, 0) is 43.5 Å². The Hall–Kier alpha value is -2.60. The Morgan fingerprint density at radius 1 is 1.21 bits per heavy atom. The van der Waals surface area contributed by atoms with Crippen molar-refractivity contribution in [1.82, 2.24) is 4.98 Å². The van der Waals surface area contributed by atoms with Crippen molar-refractivity contribution in [2.45, 2.75) is 20.3 Å². The van der Waals surface area contributed by atoms with E-state index in [1.165, 1.54) is 0 Å². The van der Waals surface area contributed by atoms with E-state index in [2.05, 4.69) is 15.6 Å². The number of carbonyl (C=O) groups excluding carboxylic acids is 1. The summed E-state index contributed by atoms with van der Waals surface area (Å²) in [6.45, 7) is 4.64. The number of nitrogens with one attached hydrogen (secondary N) is 2. The Bertz CT molecular complexity index is 651. The summed E-state index contributed by atoms with van der Waals surface area (Å²) < 4.78 is 5.62. The van der Waals surface area contributed by atoms with Crippen LogP contribution in [0.15, 0.2) is 36.5 Å². The van der Waals surface area contributed by atoms with Gasteiger partial charge in [-0.1, -0.05) is 18.2 Å². The fraction of sp³-hybridized carbons (Fsp3) is 0.333. The maximum absolute atomic E-state index is 12.0. The third kappa shape index (κ3) is 5.24. The second kappa shape index (κ2) is 8.88. The standard InChI is InChI=1S/C18H23N3O3/c1-13-5-3-6-14(2)18(13)24-12-17(23)21-15-7-8-16(20-11-15)19-9-4-10-22/h3,5-8,11,22H,4,9-10,12H2,1-2H3,(H,19,20)(H,21,23). The fourth-order valence-corrected chi connectivity index (χ4v) is 2.23. The normalized spacial score (nSPS) is 10.3. The zero-order valence-electron chi connectivity index (χ0n) is 14.0. The molecule has 0 aliphatic rings. The van der Waals surface area contributed by atoms with Gasteiger partial charge in [0.25, 0.3) is 5.91 Å². The van der Waals surface area contributed by atoms with E-state index in [1.807, 2.05) is 32.0 Å². The molecule has 0 unspecified atom stereocenters. The molecular weight excluding hydrogens is 306 g/mol. The number of para-hydroxylation sites is 1. The molecule has 0 saturated carbocycles. The molecule has 0 aliphatic heterocycles. The zero-order chi connectivity index (χ0) is 17.4. The predicted octanol–water partition coefficient (Wildman–Crippen LogP) is 2.51. The minimum absolute atomic E-state index is 0.0534. The van der Waals surface area contributed by atoms with Gasteiger partial charge in [-0.2, -0.15) is 0 Å². The Morgan fingerprint density at radius 3 is 2.58 bits per heavy atom. The molecule has 0 bridgehead atoms. The summed E-state index contributed by atoms with van der Waals surface area (Å²) in [5.74, 6) is 1.21. The average molecular weight is 329 g/mol. The summed E-state index contributed by atoms with van der Waals surface area (Å²) >= 11 is 0. The topological polar surface area (TPSA) is 83.5 Å². The molecule has 1 amide bonds. The highest BCUT2D eigenvalue weighted by molar-refractivity contribution is 5.91. The van der Waals surface area contributed by atoms with Crippen LogP contribution in [0.3, 0.4) is 0 Å². The highest BCUT2D eigenvalue weighted by atomic mass is 16.5. The number of pyridine rings is 1. The van der Waals surface area contributed by atoms with Crippen LogP contribution in [0, 0.1) is 13.8 Å². The number of hydrogen-bond acceptors (Lipinski definition) is 5. The molecule has 3 N–H and O–H groups in total. The monoisotopic (exact) mass is 329 g/mol. The molecule has 128 valence electrons. The molecule has 6 heteroatoms. The lowest BCUT2D eigenvalue weighted by atomic mass is 10.1. The number of benzene rings is 1. The first-order valence-electron chi connectivity index (χ1n) is 7.90. The van der Waals surface area contributed by atoms with Crippen LogP contribution in [0.1, 0.15) is 17.5 Å². The predicted molar refractivity (Wildman–Crippen MR) is 94.5 cm³/mol. The summed E-state index contributed by atoms with van der Waals surface area (Å²) in [5.41, 5.74) is 2.61. The van der Waals surface area contributed by atoms with Crippen molar-refractivity contribution in [1.29, 1.82) is 0 Å². The van der Waals surface area contributed by atoms with E-state index in [0.29, 0.717) is 24.5 Å². The van der Waals surface area contributed by atoms with Gasteiger partial charge >= 0.3 is 0 Å². The molecule has 1 heterocycles. The first-order chi connectivity index (χ1) is 11.6. The van der Waals surface area contributed by atoms with Gasteiger partial charge in [0.1, 0.15) is 11.6 Å². The van der Waals surface area contributed by atoms with Crippen molar-refractivity contribution in [3.05, 3.63) is 47.7 Å². The molecule has 0 aliphatic carbocycles. The second-order valence-electron chi connectivity index (χ2n) is 5.49. The smallest absolute Gasteiger partial charge is 0.262 e. The van der Waals surface area contributed by atoms with Gasteiger partial charge in [0.2, 0.25) is 0 Å². The number of rotatable bonds is 8.